The first-order chi connectivity index (χ1) is 16.3. The van der Waals surface area contributed by atoms with Crippen LogP contribution in [0.1, 0.15) is 35.4 Å². The zero-order chi connectivity index (χ0) is 24.0. The third kappa shape index (κ3) is 3.96. The van der Waals surface area contributed by atoms with Gasteiger partial charge in [0.2, 0.25) is 10.0 Å². The number of hydrogen-bond acceptors (Lipinski definition) is 3. The number of benzene rings is 3. The molecule has 1 saturated heterocycles. The average molecular weight is 539 g/mol. The van der Waals surface area contributed by atoms with Crippen LogP contribution in [0, 0.1) is 6.92 Å². The summed E-state index contributed by atoms with van der Waals surface area (Å²) in [5.74, 6) is -0.138. The number of hydrogen-bond donors (Lipinski definition) is 1. The molecular weight excluding hydrogens is 512 g/mol. The summed E-state index contributed by atoms with van der Waals surface area (Å²) in [5.41, 5.74) is 3.83. The summed E-state index contributed by atoms with van der Waals surface area (Å²) in [6.45, 7) is 2.40. The largest absolute Gasteiger partial charge is 0.508 e. The van der Waals surface area contributed by atoms with Crippen molar-refractivity contribution in [2.75, 3.05) is 6.54 Å². The maximum Gasteiger partial charge on any atom is 0.243 e. The summed E-state index contributed by atoms with van der Waals surface area (Å²) in [5, 5.41) is 11.9. The second kappa shape index (κ2) is 8.87. The molecule has 1 fully saturated rings. The number of phenolic OH excluding ortho intramolecular Hbond substituents is 1. The van der Waals surface area contributed by atoms with Crippen molar-refractivity contribution in [3.63, 3.8) is 0 Å². The predicted molar refractivity (Wildman–Crippen MR) is 139 cm³/mol. The molecule has 176 valence electrons. The highest BCUT2D eigenvalue weighted by Crippen LogP contribution is 2.44. The first-order valence-electron chi connectivity index (χ1n) is 11.4. The topological polar surface area (TPSA) is 62.5 Å². The van der Waals surface area contributed by atoms with Crippen molar-refractivity contribution < 1.29 is 13.5 Å². The summed E-state index contributed by atoms with van der Waals surface area (Å²) >= 11 is 3.59. The maximum absolute atomic E-state index is 13.8. The zero-order valence-corrected chi connectivity index (χ0v) is 21.6. The molecule has 0 saturated carbocycles. The molecule has 0 amide bonds. The van der Waals surface area contributed by atoms with Crippen LogP contribution in [0.25, 0.3) is 10.9 Å². The Kier molecular flexibility index (Phi) is 6.04. The number of aromatic hydroxyl groups is 1. The van der Waals surface area contributed by atoms with E-state index in [2.05, 4.69) is 38.8 Å². The molecule has 5 rings (SSSR count). The van der Waals surface area contributed by atoms with Crippen LogP contribution in [-0.4, -0.2) is 35.0 Å². The van der Waals surface area contributed by atoms with Crippen molar-refractivity contribution in [2.24, 2.45) is 7.05 Å². The number of rotatable bonds is 5. The number of para-hydroxylation sites is 1. The van der Waals surface area contributed by atoms with Gasteiger partial charge in [-0.2, -0.15) is 4.31 Å². The lowest BCUT2D eigenvalue weighted by molar-refractivity contribution is 0.354. The van der Waals surface area contributed by atoms with E-state index in [-0.39, 0.29) is 17.7 Å². The number of nitrogens with zero attached hydrogens (tertiary/aromatic N) is 2. The number of sulfonamides is 1. The quantitative estimate of drug-likeness (QED) is 0.342. The smallest absolute Gasteiger partial charge is 0.243 e. The van der Waals surface area contributed by atoms with Gasteiger partial charge in [-0.25, -0.2) is 8.42 Å². The minimum Gasteiger partial charge on any atom is -0.508 e. The van der Waals surface area contributed by atoms with Gasteiger partial charge >= 0.3 is 0 Å². The van der Waals surface area contributed by atoms with Gasteiger partial charge in [0.1, 0.15) is 5.75 Å². The molecule has 1 aliphatic rings. The minimum absolute atomic E-state index is 0.180. The third-order valence-electron chi connectivity index (χ3n) is 6.85. The van der Waals surface area contributed by atoms with Gasteiger partial charge < -0.3 is 9.67 Å². The van der Waals surface area contributed by atoms with E-state index in [9.17, 15) is 13.5 Å². The van der Waals surface area contributed by atoms with Crippen LogP contribution >= 0.6 is 15.9 Å². The van der Waals surface area contributed by atoms with Crippen LogP contribution in [0.15, 0.2) is 82.3 Å². The van der Waals surface area contributed by atoms with Crippen LogP contribution in [0.3, 0.4) is 0 Å². The van der Waals surface area contributed by atoms with E-state index >= 15 is 0 Å². The average Bonchev–Trinajstić information content (AvgIpc) is 3.41. The maximum atomic E-state index is 13.8. The van der Waals surface area contributed by atoms with E-state index in [1.165, 1.54) is 0 Å². The molecule has 5 nitrogen and oxygen atoms in total. The minimum atomic E-state index is -3.70. The standard InChI is InChI=1S/C27H27BrN2O3S/c1-18-9-12-20(13-10-18)34(32,33)30-15-5-7-25(30)27(21-6-3-4-8-26(21)31)23-17-29(2)24-14-11-19(28)16-22(23)24/h3-4,6,8-14,16-17,25,27,31H,5,7,15H2,1-2H3/t25-,27+/m1/s1. The van der Waals surface area contributed by atoms with Gasteiger partial charge in [-0.15, -0.1) is 0 Å². The zero-order valence-electron chi connectivity index (χ0n) is 19.1. The Hall–Kier alpha value is -2.61. The van der Waals surface area contributed by atoms with E-state index in [0.717, 1.165) is 38.5 Å². The van der Waals surface area contributed by atoms with E-state index in [0.29, 0.717) is 17.9 Å². The van der Waals surface area contributed by atoms with Crippen LogP contribution in [-0.2, 0) is 17.1 Å². The number of phenols is 1. The third-order valence-corrected chi connectivity index (χ3v) is 9.28. The normalized spacial score (nSPS) is 17.9. The molecule has 1 aromatic heterocycles. The Bertz CT molecular complexity index is 1460. The van der Waals surface area contributed by atoms with Crippen LogP contribution < -0.4 is 0 Å². The first kappa shape index (κ1) is 23.1. The van der Waals surface area contributed by atoms with Gasteiger partial charge in [0, 0.05) is 52.7 Å². The van der Waals surface area contributed by atoms with Gasteiger partial charge in [0.05, 0.1) is 4.90 Å². The molecule has 34 heavy (non-hydrogen) atoms. The van der Waals surface area contributed by atoms with Gasteiger partial charge in [-0.1, -0.05) is 51.8 Å². The number of halogens is 1. The summed E-state index contributed by atoms with van der Waals surface area (Å²) in [7, 11) is -1.70. The van der Waals surface area contributed by atoms with E-state index in [1.54, 1.807) is 28.6 Å². The van der Waals surface area contributed by atoms with E-state index in [4.69, 9.17) is 0 Å². The molecule has 0 radical (unpaired) electrons. The lowest BCUT2D eigenvalue weighted by Crippen LogP contribution is -2.39. The molecule has 0 aliphatic carbocycles. The molecule has 0 bridgehead atoms. The Labute approximate surface area is 208 Å². The second-order valence-corrected chi connectivity index (χ2v) is 11.8. The molecule has 2 atom stereocenters. The van der Waals surface area contributed by atoms with Crippen molar-refractivity contribution in [3.05, 3.63) is 94.1 Å². The van der Waals surface area contributed by atoms with Gasteiger partial charge in [0.15, 0.2) is 0 Å². The Morgan fingerprint density at radius 3 is 2.50 bits per heavy atom. The molecule has 4 aromatic rings. The van der Waals surface area contributed by atoms with Crippen LogP contribution in [0.4, 0.5) is 0 Å². The van der Waals surface area contributed by atoms with Crippen molar-refractivity contribution in [1.82, 2.24) is 8.87 Å². The van der Waals surface area contributed by atoms with E-state index in [1.807, 2.05) is 44.3 Å². The highest BCUT2D eigenvalue weighted by molar-refractivity contribution is 9.10. The van der Waals surface area contributed by atoms with Crippen molar-refractivity contribution in [2.45, 2.75) is 36.6 Å². The summed E-state index contributed by atoms with van der Waals surface area (Å²) < 4.78 is 32.2. The van der Waals surface area contributed by atoms with Gasteiger partial charge in [-0.05, 0) is 61.7 Å². The molecule has 0 unspecified atom stereocenters. The van der Waals surface area contributed by atoms with E-state index < -0.39 is 10.0 Å². The molecular formula is C27H27BrN2O3S. The Balaban J connectivity index is 1.70. The summed E-state index contributed by atoms with van der Waals surface area (Å²) in [6, 6.07) is 20.1. The molecule has 3 aromatic carbocycles. The Morgan fingerprint density at radius 1 is 1.03 bits per heavy atom. The lowest BCUT2D eigenvalue weighted by Gasteiger charge is -2.32. The Morgan fingerprint density at radius 2 is 1.76 bits per heavy atom. The second-order valence-electron chi connectivity index (χ2n) is 9.03. The lowest BCUT2D eigenvalue weighted by atomic mass is 9.83. The number of aryl methyl sites for hydroxylation is 2. The summed E-state index contributed by atoms with van der Waals surface area (Å²) in [4.78, 5) is 0.307. The van der Waals surface area contributed by atoms with Crippen LogP contribution in [0.2, 0.25) is 0 Å². The van der Waals surface area contributed by atoms with Gasteiger partial charge in [-0.3, -0.25) is 0 Å². The SMILES string of the molecule is Cc1ccc(S(=O)(=O)N2CCC[C@@H]2[C@@H](c2ccccc2O)c2cn(C)c3ccc(Br)cc23)cc1. The van der Waals surface area contributed by atoms with Crippen LogP contribution in [0.5, 0.6) is 5.75 Å². The highest BCUT2D eigenvalue weighted by Gasteiger charge is 2.42. The van der Waals surface area contributed by atoms with Gasteiger partial charge in [0.25, 0.3) is 0 Å². The fraction of sp³-hybridized carbons (Fsp3) is 0.259. The fourth-order valence-corrected chi connectivity index (χ4v) is 7.28. The number of aromatic nitrogens is 1. The molecule has 1 N–H and O–H groups in total. The highest BCUT2D eigenvalue weighted by atomic mass is 79.9. The number of fused-ring (bicyclic) bond motifs is 1. The fourth-order valence-electron chi connectivity index (χ4n) is 5.22. The molecule has 2 heterocycles. The van der Waals surface area contributed by atoms with Crippen molar-refractivity contribution >= 4 is 36.9 Å². The monoisotopic (exact) mass is 538 g/mol. The predicted octanol–water partition coefficient (Wildman–Crippen LogP) is 5.94. The van der Waals surface area contributed by atoms with Crippen molar-refractivity contribution in [3.8, 4) is 5.75 Å². The molecule has 7 heteroatoms. The molecule has 1 aliphatic heterocycles. The van der Waals surface area contributed by atoms with Crippen molar-refractivity contribution in [1.29, 1.82) is 0 Å². The summed E-state index contributed by atoms with van der Waals surface area (Å²) in [6.07, 6.45) is 3.56. The molecule has 0 spiro atoms. The first-order valence-corrected chi connectivity index (χ1v) is 13.6.